The van der Waals surface area contributed by atoms with Gasteiger partial charge in [0, 0.05) is 0 Å². The van der Waals surface area contributed by atoms with Crippen molar-refractivity contribution < 1.29 is 5.21 Å². The minimum Gasteiger partial charge on any atom is -0.287 e. The molecule has 0 saturated heterocycles. The molecule has 1 heterocycles. The van der Waals surface area contributed by atoms with Gasteiger partial charge in [0.15, 0.2) is 0 Å². The van der Waals surface area contributed by atoms with Crippen molar-refractivity contribution in [2.45, 2.75) is 18.9 Å². The molecule has 0 aromatic heterocycles. The van der Waals surface area contributed by atoms with E-state index in [0.717, 1.165) is 22.7 Å². The molecule has 0 bridgehead atoms. The zero-order chi connectivity index (χ0) is 9.26. The summed E-state index contributed by atoms with van der Waals surface area (Å²) in [6.07, 6.45) is 1.56. The first kappa shape index (κ1) is 8.09. The Bertz CT molecular complexity index is 356. The van der Waals surface area contributed by atoms with Crippen LogP contribution >= 0.6 is 0 Å². The molecule has 1 atom stereocenters. The number of benzene rings is 1. The molecule has 0 amide bonds. The molecule has 13 heavy (non-hydrogen) atoms. The van der Waals surface area contributed by atoms with Gasteiger partial charge in [-0.15, -0.1) is 0 Å². The van der Waals surface area contributed by atoms with E-state index in [-0.39, 0.29) is 0 Å². The maximum Gasteiger partial charge on any atom is 0.143 e. The fourth-order valence-electron chi connectivity index (χ4n) is 1.65. The summed E-state index contributed by atoms with van der Waals surface area (Å²) >= 11 is 0. The van der Waals surface area contributed by atoms with Gasteiger partial charge < -0.3 is 0 Å². The third kappa shape index (κ3) is 1.25. The predicted octanol–water partition coefficient (Wildman–Crippen LogP) is 1.72. The predicted molar refractivity (Wildman–Crippen MR) is 48.4 cm³/mol. The normalized spacial score (nSPS) is 20.6. The van der Waals surface area contributed by atoms with E-state index in [2.05, 4.69) is 6.07 Å². The highest BCUT2D eigenvalue weighted by atomic mass is 16.5. The fourth-order valence-corrected chi connectivity index (χ4v) is 1.65. The lowest BCUT2D eigenvalue weighted by Crippen LogP contribution is -2.35. The summed E-state index contributed by atoms with van der Waals surface area (Å²) in [6, 6.07) is 9.29. The number of anilines is 1. The molecule has 0 fully saturated rings. The summed E-state index contributed by atoms with van der Waals surface area (Å²) < 4.78 is 0. The summed E-state index contributed by atoms with van der Waals surface area (Å²) in [5, 5.41) is 19.4. The zero-order valence-corrected chi connectivity index (χ0v) is 7.14. The standard InChI is InChI=1S/C10H10N2O/c11-7-9-6-5-8-3-1-2-4-10(8)12(9)13/h1-4,9,13H,5-6H2. The van der Waals surface area contributed by atoms with Gasteiger partial charge in [-0.2, -0.15) is 5.26 Å². The number of hydrogen-bond donors (Lipinski definition) is 1. The average Bonchev–Trinajstić information content (AvgIpc) is 2.19. The van der Waals surface area contributed by atoms with Crippen LogP contribution in [0.1, 0.15) is 12.0 Å². The molecule has 0 aliphatic carbocycles. The minimum atomic E-state index is -0.394. The Labute approximate surface area is 76.8 Å². The molecule has 3 heteroatoms. The maximum absolute atomic E-state index is 9.63. The number of hydrogen-bond acceptors (Lipinski definition) is 3. The van der Waals surface area contributed by atoms with E-state index in [9.17, 15) is 5.21 Å². The van der Waals surface area contributed by atoms with Crippen LogP contribution in [0.15, 0.2) is 24.3 Å². The first-order valence-electron chi connectivity index (χ1n) is 4.28. The largest absolute Gasteiger partial charge is 0.287 e. The van der Waals surface area contributed by atoms with Gasteiger partial charge in [-0.05, 0) is 24.5 Å². The smallest absolute Gasteiger partial charge is 0.143 e. The monoisotopic (exact) mass is 174 g/mol. The van der Waals surface area contributed by atoms with Gasteiger partial charge in [0.2, 0.25) is 0 Å². The van der Waals surface area contributed by atoms with Crippen LogP contribution in [0.5, 0.6) is 0 Å². The van der Waals surface area contributed by atoms with Crippen LogP contribution in [0.2, 0.25) is 0 Å². The van der Waals surface area contributed by atoms with E-state index < -0.39 is 6.04 Å². The molecular weight excluding hydrogens is 164 g/mol. The molecule has 0 spiro atoms. The molecule has 0 saturated carbocycles. The number of nitrogens with zero attached hydrogens (tertiary/aromatic N) is 2. The van der Waals surface area contributed by atoms with Gasteiger partial charge in [0.25, 0.3) is 0 Å². The summed E-state index contributed by atoms with van der Waals surface area (Å²) in [4.78, 5) is 0. The van der Waals surface area contributed by atoms with Crippen LogP contribution in [-0.2, 0) is 6.42 Å². The Hall–Kier alpha value is -1.53. The SMILES string of the molecule is N#CC1CCc2ccccc2N1O. The number of aryl methyl sites for hydroxylation is 1. The minimum absolute atomic E-state index is 0.394. The third-order valence-corrected chi connectivity index (χ3v) is 2.37. The third-order valence-electron chi connectivity index (χ3n) is 2.37. The molecule has 1 N–H and O–H groups in total. The summed E-state index contributed by atoms with van der Waals surface area (Å²) in [5.41, 5.74) is 1.87. The van der Waals surface area contributed by atoms with E-state index in [0.29, 0.717) is 6.42 Å². The van der Waals surface area contributed by atoms with E-state index in [1.165, 1.54) is 0 Å². The summed E-state index contributed by atoms with van der Waals surface area (Å²) in [5.74, 6) is 0. The molecule has 1 aromatic rings. The van der Waals surface area contributed by atoms with Crippen molar-refractivity contribution >= 4 is 5.69 Å². The topological polar surface area (TPSA) is 47.3 Å². The molecule has 2 rings (SSSR count). The van der Waals surface area contributed by atoms with Crippen LogP contribution in [0.25, 0.3) is 0 Å². The maximum atomic E-state index is 9.63. The van der Waals surface area contributed by atoms with Crippen LogP contribution in [0.4, 0.5) is 5.69 Å². The number of para-hydroxylation sites is 1. The Morgan fingerprint density at radius 3 is 3.00 bits per heavy atom. The second-order valence-corrected chi connectivity index (χ2v) is 3.16. The van der Waals surface area contributed by atoms with Crippen LogP contribution in [-0.4, -0.2) is 11.2 Å². The molecule has 3 nitrogen and oxygen atoms in total. The summed E-state index contributed by atoms with van der Waals surface area (Å²) in [6.45, 7) is 0. The lowest BCUT2D eigenvalue weighted by atomic mass is 9.98. The van der Waals surface area contributed by atoms with Crippen molar-refractivity contribution in [1.29, 1.82) is 5.26 Å². The van der Waals surface area contributed by atoms with Gasteiger partial charge in [-0.1, -0.05) is 18.2 Å². The van der Waals surface area contributed by atoms with Gasteiger partial charge in [0.05, 0.1) is 11.8 Å². The highest BCUT2D eigenvalue weighted by Gasteiger charge is 2.23. The van der Waals surface area contributed by atoms with E-state index >= 15 is 0 Å². The highest BCUT2D eigenvalue weighted by Crippen LogP contribution is 2.28. The zero-order valence-electron chi connectivity index (χ0n) is 7.14. The van der Waals surface area contributed by atoms with Crippen molar-refractivity contribution in [2.24, 2.45) is 0 Å². The summed E-state index contributed by atoms with van der Waals surface area (Å²) in [7, 11) is 0. The second-order valence-electron chi connectivity index (χ2n) is 3.16. The Morgan fingerprint density at radius 2 is 2.23 bits per heavy atom. The highest BCUT2D eigenvalue weighted by molar-refractivity contribution is 5.55. The van der Waals surface area contributed by atoms with Crippen molar-refractivity contribution in [2.75, 3.05) is 5.06 Å². The molecule has 1 aliphatic heterocycles. The number of hydroxylamine groups is 1. The first-order valence-corrected chi connectivity index (χ1v) is 4.28. The van der Waals surface area contributed by atoms with Crippen molar-refractivity contribution in [1.82, 2.24) is 0 Å². The number of nitriles is 1. The van der Waals surface area contributed by atoms with E-state index in [1.54, 1.807) is 0 Å². The molecule has 0 radical (unpaired) electrons. The van der Waals surface area contributed by atoms with Crippen LogP contribution in [0.3, 0.4) is 0 Å². The van der Waals surface area contributed by atoms with Crippen molar-refractivity contribution in [3.05, 3.63) is 29.8 Å². The molecular formula is C10H10N2O. The molecule has 66 valence electrons. The van der Waals surface area contributed by atoms with E-state index in [1.807, 2.05) is 24.3 Å². The van der Waals surface area contributed by atoms with Gasteiger partial charge in [-0.3, -0.25) is 5.21 Å². The van der Waals surface area contributed by atoms with E-state index in [4.69, 9.17) is 5.26 Å². The quantitative estimate of drug-likeness (QED) is 0.651. The first-order chi connectivity index (χ1) is 6.33. The Kier molecular flexibility index (Phi) is 1.91. The average molecular weight is 174 g/mol. The van der Waals surface area contributed by atoms with Gasteiger partial charge in [-0.25, -0.2) is 5.06 Å². The van der Waals surface area contributed by atoms with Gasteiger partial charge in [0.1, 0.15) is 6.04 Å². The second kappa shape index (κ2) is 3.08. The van der Waals surface area contributed by atoms with Crippen LogP contribution in [0, 0.1) is 11.3 Å². The molecule has 1 unspecified atom stereocenters. The molecule has 1 aliphatic rings. The Morgan fingerprint density at radius 1 is 1.46 bits per heavy atom. The van der Waals surface area contributed by atoms with Crippen molar-refractivity contribution in [3.63, 3.8) is 0 Å². The fraction of sp³-hybridized carbons (Fsp3) is 0.300. The number of rotatable bonds is 0. The lowest BCUT2D eigenvalue weighted by molar-refractivity contribution is 0.223. The van der Waals surface area contributed by atoms with Crippen LogP contribution < -0.4 is 5.06 Å². The van der Waals surface area contributed by atoms with Crippen molar-refractivity contribution in [3.8, 4) is 6.07 Å². The molecule has 1 aromatic carbocycles. The Balaban J connectivity index is 2.40. The lowest BCUT2D eigenvalue weighted by Gasteiger charge is -2.29. The number of fused-ring (bicyclic) bond motifs is 1. The van der Waals surface area contributed by atoms with Gasteiger partial charge >= 0.3 is 0 Å².